The maximum Gasteiger partial charge on any atom is 0.0950 e. The van der Waals surface area contributed by atoms with Gasteiger partial charge in [0.1, 0.15) is 0 Å². The lowest BCUT2D eigenvalue weighted by Gasteiger charge is -2.37. The van der Waals surface area contributed by atoms with Gasteiger partial charge in [-0.3, -0.25) is 4.90 Å². The van der Waals surface area contributed by atoms with Gasteiger partial charge in [0, 0.05) is 25.8 Å². The molecule has 0 radical (unpaired) electrons. The molecule has 0 bridgehead atoms. The van der Waals surface area contributed by atoms with E-state index in [9.17, 15) is 0 Å². The number of hydrogen-bond acceptors (Lipinski definition) is 4. The molecule has 1 aliphatic rings. The number of ether oxygens (including phenoxy) is 1. The molecule has 1 saturated heterocycles. The molecule has 17 heavy (non-hydrogen) atoms. The van der Waals surface area contributed by atoms with Crippen LogP contribution in [0.15, 0.2) is 23.0 Å². The molecule has 2 rings (SSSR count). The van der Waals surface area contributed by atoms with Gasteiger partial charge in [-0.25, -0.2) is 0 Å². The molecule has 2 heterocycles. The van der Waals surface area contributed by atoms with E-state index in [1.54, 1.807) is 19.6 Å². The number of methoxy groups -OCH3 is 1. The van der Waals surface area contributed by atoms with Crippen LogP contribution in [0, 0.1) is 5.92 Å². The molecule has 2 N–H and O–H groups in total. The van der Waals surface area contributed by atoms with Gasteiger partial charge in [-0.1, -0.05) is 0 Å². The van der Waals surface area contributed by atoms with Crippen LogP contribution in [0.25, 0.3) is 0 Å². The van der Waals surface area contributed by atoms with E-state index >= 15 is 0 Å². The van der Waals surface area contributed by atoms with Crippen molar-refractivity contribution < 1.29 is 9.15 Å². The predicted molar refractivity (Wildman–Crippen MR) is 66.7 cm³/mol. The monoisotopic (exact) mass is 238 g/mol. The highest BCUT2D eigenvalue weighted by Gasteiger charge is 2.26. The molecule has 2 unspecified atom stereocenters. The summed E-state index contributed by atoms with van der Waals surface area (Å²) in [5, 5.41) is 0. The normalized spacial score (nSPS) is 23.8. The van der Waals surface area contributed by atoms with Crippen LogP contribution in [0.2, 0.25) is 0 Å². The summed E-state index contributed by atoms with van der Waals surface area (Å²) in [4.78, 5) is 2.46. The summed E-state index contributed by atoms with van der Waals surface area (Å²) in [6.45, 7) is 3.67. The second kappa shape index (κ2) is 6.19. The lowest BCUT2D eigenvalue weighted by Crippen LogP contribution is -2.42. The number of likely N-dealkylation sites (tertiary alicyclic amines) is 1. The van der Waals surface area contributed by atoms with E-state index in [2.05, 4.69) is 4.90 Å². The number of furan rings is 1. The first-order valence-corrected chi connectivity index (χ1v) is 6.30. The average Bonchev–Trinajstić information content (AvgIpc) is 2.85. The zero-order chi connectivity index (χ0) is 12.1. The van der Waals surface area contributed by atoms with Crippen LogP contribution in [-0.2, 0) is 4.74 Å². The molecule has 1 aromatic rings. The van der Waals surface area contributed by atoms with Crippen molar-refractivity contribution in [2.24, 2.45) is 11.7 Å². The molecule has 0 amide bonds. The van der Waals surface area contributed by atoms with Gasteiger partial charge in [0.05, 0.1) is 25.2 Å². The fourth-order valence-corrected chi connectivity index (χ4v) is 2.71. The minimum Gasteiger partial charge on any atom is -0.472 e. The topological polar surface area (TPSA) is 51.6 Å². The number of nitrogens with zero attached hydrogens (tertiary/aromatic N) is 1. The van der Waals surface area contributed by atoms with E-state index in [-0.39, 0.29) is 6.04 Å². The van der Waals surface area contributed by atoms with E-state index in [0.29, 0.717) is 12.5 Å². The van der Waals surface area contributed by atoms with Crippen LogP contribution < -0.4 is 5.73 Å². The zero-order valence-corrected chi connectivity index (χ0v) is 10.5. The highest BCUT2D eigenvalue weighted by molar-refractivity contribution is 5.12. The molecule has 0 spiro atoms. The highest BCUT2D eigenvalue weighted by Crippen LogP contribution is 2.26. The Hall–Kier alpha value is -0.840. The SMILES string of the molecule is COCC1CCCN(C(CN)c2ccoc2)C1. The van der Waals surface area contributed by atoms with Crippen molar-refractivity contribution in [3.63, 3.8) is 0 Å². The van der Waals surface area contributed by atoms with E-state index in [0.717, 1.165) is 19.7 Å². The van der Waals surface area contributed by atoms with Crippen molar-refractivity contribution >= 4 is 0 Å². The summed E-state index contributed by atoms with van der Waals surface area (Å²) in [6.07, 6.45) is 6.00. The van der Waals surface area contributed by atoms with Crippen molar-refractivity contribution in [1.82, 2.24) is 4.90 Å². The highest BCUT2D eigenvalue weighted by atomic mass is 16.5. The van der Waals surface area contributed by atoms with Gasteiger partial charge in [-0.2, -0.15) is 0 Å². The number of nitrogens with two attached hydrogens (primary N) is 1. The fourth-order valence-electron chi connectivity index (χ4n) is 2.71. The molecule has 1 aliphatic heterocycles. The first-order chi connectivity index (χ1) is 8.35. The molecule has 96 valence electrons. The molecule has 1 aromatic heterocycles. The van der Waals surface area contributed by atoms with Crippen LogP contribution >= 0.6 is 0 Å². The third-order valence-electron chi connectivity index (χ3n) is 3.54. The molecular weight excluding hydrogens is 216 g/mol. The van der Waals surface area contributed by atoms with E-state index in [4.69, 9.17) is 14.9 Å². The molecule has 2 atom stereocenters. The Labute approximate surface area is 103 Å². The van der Waals surface area contributed by atoms with E-state index in [1.165, 1.54) is 18.4 Å². The van der Waals surface area contributed by atoms with Crippen molar-refractivity contribution in [1.29, 1.82) is 0 Å². The first-order valence-electron chi connectivity index (χ1n) is 6.30. The van der Waals surface area contributed by atoms with Crippen LogP contribution in [0.5, 0.6) is 0 Å². The summed E-state index contributed by atoms with van der Waals surface area (Å²) >= 11 is 0. The molecule has 0 saturated carbocycles. The maximum absolute atomic E-state index is 5.90. The lowest BCUT2D eigenvalue weighted by atomic mass is 9.96. The van der Waals surface area contributed by atoms with Crippen LogP contribution in [0.4, 0.5) is 0 Å². The summed E-state index contributed by atoms with van der Waals surface area (Å²) in [7, 11) is 1.77. The van der Waals surface area contributed by atoms with Crippen molar-refractivity contribution in [3.8, 4) is 0 Å². The standard InChI is InChI=1S/C13H22N2O2/c1-16-9-11-3-2-5-15(8-11)13(7-14)12-4-6-17-10-12/h4,6,10-11,13H,2-3,5,7-9,14H2,1H3. The van der Waals surface area contributed by atoms with Gasteiger partial charge in [0.2, 0.25) is 0 Å². The van der Waals surface area contributed by atoms with Crippen molar-refractivity contribution in [3.05, 3.63) is 24.2 Å². The van der Waals surface area contributed by atoms with Crippen molar-refractivity contribution in [2.75, 3.05) is 33.4 Å². The van der Waals surface area contributed by atoms with Gasteiger partial charge in [-0.15, -0.1) is 0 Å². The largest absolute Gasteiger partial charge is 0.472 e. The Morgan fingerprint density at radius 3 is 3.18 bits per heavy atom. The molecular formula is C13H22N2O2. The Bertz CT molecular complexity index is 311. The number of piperidine rings is 1. The summed E-state index contributed by atoms with van der Waals surface area (Å²) < 4.78 is 10.4. The molecule has 0 aliphatic carbocycles. The minimum absolute atomic E-state index is 0.286. The number of hydrogen-bond donors (Lipinski definition) is 1. The second-order valence-electron chi connectivity index (χ2n) is 4.77. The smallest absolute Gasteiger partial charge is 0.0950 e. The van der Waals surface area contributed by atoms with Crippen LogP contribution in [0.1, 0.15) is 24.4 Å². The maximum atomic E-state index is 5.90. The van der Waals surface area contributed by atoms with Crippen LogP contribution in [-0.4, -0.2) is 38.3 Å². The Balaban J connectivity index is 1.99. The molecule has 1 fully saturated rings. The zero-order valence-electron chi connectivity index (χ0n) is 10.5. The second-order valence-corrected chi connectivity index (χ2v) is 4.77. The van der Waals surface area contributed by atoms with Gasteiger partial charge in [0.15, 0.2) is 0 Å². The Kier molecular flexibility index (Phi) is 4.59. The van der Waals surface area contributed by atoms with Gasteiger partial charge in [0.25, 0.3) is 0 Å². The Morgan fingerprint density at radius 2 is 2.53 bits per heavy atom. The third-order valence-corrected chi connectivity index (χ3v) is 3.54. The summed E-state index contributed by atoms with van der Waals surface area (Å²) in [5.41, 5.74) is 7.09. The first kappa shape index (κ1) is 12.6. The predicted octanol–water partition coefficient (Wildman–Crippen LogP) is 1.64. The molecule has 0 aromatic carbocycles. The lowest BCUT2D eigenvalue weighted by molar-refractivity contribution is 0.0695. The van der Waals surface area contributed by atoms with Crippen LogP contribution in [0.3, 0.4) is 0 Å². The molecule has 4 nitrogen and oxygen atoms in total. The van der Waals surface area contributed by atoms with Crippen molar-refractivity contribution in [2.45, 2.75) is 18.9 Å². The molecule has 4 heteroatoms. The Morgan fingerprint density at radius 1 is 1.65 bits per heavy atom. The van der Waals surface area contributed by atoms with Gasteiger partial charge < -0.3 is 14.9 Å². The number of rotatable bonds is 5. The van der Waals surface area contributed by atoms with E-state index < -0.39 is 0 Å². The van der Waals surface area contributed by atoms with E-state index in [1.807, 2.05) is 6.07 Å². The quantitative estimate of drug-likeness (QED) is 0.847. The van der Waals surface area contributed by atoms with Gasteiger partial charge in [-0.05, 0) is 31.4 Å². The summed E-state index contributed by atoms with van der Waals surface area (Å²) in [6, 6.07) is 2.30. The minimum atomic E-state index is 0.286. The van der Waals surface area contributed by atoms with Gasteiger partial charge >= 0.3 is 0 Å². The third kappa shape index (κ3) is 3.09. The average molecular weight is 238 g/mol. The summed E-state index contributed by atoms with van der Waals surface area (Å²) in [5.74, 6) is 0.634. The fraction of sp³-hybridized carbons (Fsp3) is 0.692.